The fourth-order valence-corrected chi connectivity index (χ4v) is 1.56. The number of carboxylic acids is 1. The van der Waals surface area contributed by atoms with Crippen molar-refractivity contribution in [1.29, 1.82) is 0 Å². The SMILES string of the molecule is Cc1c(Cl)cccc1C(=O)NCCCC(=O)O. The minimum Gasteiger partial charge on any atom is -0.481 e. The summed E-state index contributed by atoms with van der Waals surface area (Å²) in [4.78, 5) is 22.0. The number of rotatable bonds is 5. The molecule has 92 valence electrons. The van der Waals surface area contributed by atoms with Crippen LogP contribution < -0.4 is 5.32 Å². The monoisotopic (exact) mass is 255 g/mol. The lowest BCUT2D eigenvalue weighted by Gasteiger charge is -2.08. The Kier molecular flexibility index (Phi) is 4.97. The van der Waals surface area contributed by atoms with Crippen LogP contribution in [-0.4, -0.2) is 23.5 Å². The number of benzene rings is 1. The zero-order chi connectivity index (χ0) is 12.8. The van der Waals surface area contributed by atoms with Crippen LogP contribution in [0.15, 0.2) is 18.2 Å². The summed E-state index contributed by atoms with van der Waals surface area (Å²) in [5.74, 6) is -1.09. The zero-order valence-corrected chi connectivity index (χ0v) is 10.3. The molecule has 4 nitrogen and oxygen atoms in total. The number of carbonyl (C=O) groups is 2. The number of aliphatic carboxylic acids is 1. The summed E-state index contributed by atoms with van der Waals surface area (Å²) in [7, 11) is 0. The highest BCUT2D eigenvalue weighted by Gasteiger charge is 2.10. The van der Waals surface area contributed by atoms with Crippen LogP contribution in [-0.2, 0) is 4.79 Å². The summed E-state index contributed by atoms with van der Waals surface area (Å²) < 4.78 is 0. The third kappa shape index (κ3) is 4.07. The van der Waals surface area contributed by atoms with E-state index in [4.69, 9.17) is 16.7 Å². The van der Waals surface area contributed by atoms with Gasteiger partial charge in [0.15, 0.2) is 0 Å². The van der Waals surface area contributed by atoms with Crippen LogP contribution in [0.4, 0.5) is 0 Å². The Bertz CT molecular complexity index is 432. The van der Waals surface area contributed by atoms with E-state index in [0.29, 0.717) is 23.6 Å². The first kappa shape index (κ1) is 13.5. The van der Waals surface area contributed by atoms with E-state index in [9.17, 15) is 9.59 Å². The third-order valence-electron chi connectivity index (χ3n) is 2.37. The quantitative estimate of drug-likeness (QED) is 0.793. The Hall–Kier alpha value is -1.55. The van der Waals surface area contributed by atoms with Crippen molar-refractivity contribution < 1.29 is 14.7 Å². The Morgan fingerprint density at radius 1 is 1.41 bits per heavy atom. The van der Waals surface area contributed by atoms with Gasteiger partial charge in [0, 0.05) is 23.6 Å². The summed E-state index contributed by atoms with van der Waals surface area (Å²) in [6.07, 6.45) is 0.468. The number of hydrogen-bond acceptors (Lipinski definition) is 2. The van der Waals surface area contributed by atoms with Gasteiger partial charge in [0.25, 0.3) is 5.91 Å². The highest BCUT2D eigenvalue weighted by molar-refractivity contribution is 6.31. The van der Waals surface area contributed by atoms with E-state index < -0.39 is 5.97 Å². The fourth-order valence-electron chi connectivity index (χ4n) is 1.39. The van der Waals surface area contributed by atoms with Crippen molar-refractivity contribution in [2.75, 3.05) is 6.54 Å². The van der Waals surface area contributed by atoms with E-state index in [1.54, 1.807) is 25.1 Å². The number of carboxylic acid groups (broad SMARTS) is 1. The van der Waals surface area contributed by atoms with Crippen LogP contribution in [0.3, 0.4) is 0 Å². The second kappa shape index (κ2) is 6.25. The first-order valence-corrected chi connectivity index (χ1v) is 5.65. The molecule has 1 rings (SSSR count). The van der Waals surface area contributed by atoms with Gasteiger partial charge < -0.3 is 10.4 Å². The predicted octanol–water partition coefficient (Wildman–Crippen LogP) is 2.24. The van der Waals surface area contributed by atoms with Gasteiger partial charge in [-0.05, 0) is 31.0 Å². The Labute approximate surface area is 105 Å². The molecular weight excluding hydrogens is 242 g/mol. The average Bonchev–Trinajstić information content (AvgIpc) is 2.27. The standard InChI is InChI=1S/C12H14ClNO3/c1-8-9(4-2-5-10(8)13)12(17)14-7-3-6-11(15)16/h2,4-5H,3,6-7H2,1H3,(H,14,17)(H,15,16). The van der Waals surface area contributed by atoms with Gasteiger partial charge in [-0.15, -0.1) is 0 Å². The van der Waals surface area contributed by atoms with Crippen molar-refractivity contribution in [3.05, 3.63) is 34.3 Å². The molecule has 0 saturated carbocycles. The van der Waals surface area contributed by atoms with Gasteiger partial charge in [0.05, 0.1) is 0 Å². The molecule has 0 aliphatic rings. The van der Waals surface area contributed by atoms with Crippen molar-refractivity contribution in [3.63, 3.8) is 0 Å². The molecule has 0 spiro atoms. The Balaban J connectivity index is 2.53. The van der Waals surface area contributed by atoms with Crippen LogP contribution in [0.2, 0.25) is 5.02 Å². The highest BCUT2D eigenvalue weighted by atomic mass is 35.5. The summed E-state index contributed by atoms with van der Waals surface area (Å²) >= 11 is 5.90. The normalized spacial score (nSPS) is 10.0. The van der Waals surface area contributed by atoms with Crippen LogP contribution in [0.25, 0.3) is 0 Å². The molecule has 0 aliphatic carbocycles. The van der Waals surface area contributed by atoms with Crippen LogP contribution in [0.1, 0.15) is 28.8 Å². The number of amides is 1. The molecule has 0 fully saturated rings. The first-order valence-electron chi connectivity index (χ1n) is 5.27. The van der Waals surface area contributed by atoms with Crippen molar-refractivity contribution in [1.82, 2.24) is 5.32 Å². The second-order valence-corrected chi connectivity index (χ2v) is 4.07. The predicted molar refractivity (Wildman–Crippen MR) is 65.4 cm³/mol. The third-order valence-corrected chi connectivity index (χ3v) is 2.77. The molecular formula is C12H14ClNO3. The lowest BCUT2D eigenvalue weighted by molar-refractivity contribution is -0.137. The average molecular weight is 256 g/mol. The van der Waals surface area contributed by atoms with E-state index in [2.05, 4.69) is 5.32 Å². The van der Waals surface area contributed by atoms with Gasteiger partial charge in [0.2, 0.25) is 0 Å². The number of carbonyl (C=O) groups excluding carboxylic acids is 1. The maximum Gasteiger partial charge on any atom is 0.303 e. The van der Waals surface area contributed by atoms with Crippen LogP contribution >= 0.6 is 11.6 Å². The summed E-state index contributed by atoms with van der Waals surface area (Å²) in [6.45, 7) is 2.12. The van der Waals surface area contributed by atoms with E-state index >= 15 is 0 Å². The zero-order valence-electron chi connectivity index (χ0n) is 9.50. The molecule has 5 heteroatoms. The molecule has 2 N–H and O–H groups in total. The topological polar surface area (TPSA) is 66.4 Å². The summed E-state index contributed by atoms with van der Waals surface area (Å²) in [6, 6.07) is 5.12. The van der Waals surface area contributed by atoms with E-state index in [1.165, 1.54) is 0 Å². The minimum atomic E-state index is -0.863. The number of hydrogen-bond donors (Lipinski definition) is 2. The van der Waals surface area contributed by atoms with Crippen LogP contribution in [0, 0.1) is 6.92 Å². The van der Waals surface area contributed by atoms with Gasteiger partial charge in [0.1, 0.15) is 0 Å². The summed E-state index contributed by atoms with van der Waals surface area (Å²) in [5, 5.41) is 11.7. The largest absolute Gasteiger partial charge is 0.481 e. The molecule has 1 aromatic carbocycles. The number of halogens is 1. The van der Waals surface area contributed by atoms with Gasteiger partial charge in [-0.3, -0.25) is 9.59 Å². The van der Waals surface area contributed by atoms with Crippen molar-refractivity contribution >= 4 is 23.5 Å². The van der Waals surface area contributed by atoms with Crippen molar-refractivity contribution in [3.8, 4) is 0 Å². The van der Waals surface area contributed by atoms with Crippen LogP contribution in [0.5, 0.6) is 0 Å². The lowest BCUT2D eigenvalue weighted by atomic mass is 10.1. The maximum atomic E-state index is 11.7. The molecule has 0 heterocycles. The Morgan fingerprint density at radius 3 is 2.76 bits per heavy atom. The number of nitrogens with one attached hydrogen (secondary N) is 1. The first-order chi connectivity index (χ1) is 8.02. The van der Waals surface area contributed by atoms with E-state index in [1.807, 2.05) is 0 Å². The van der Waals surface area contributed by atoms with E-state index in [0.717, 1.165) is 5.56 Å². The lowest BCUT2D eigenvalue weighted by Crippen LogP contribution is -2.25. The second-order valence-electron chi connectivity index (χ2n) is 3.67. The molecule has 0 radical (unpaired) electrons. The molecule has 0 aromatic heterocycles. The summed E-state index contributed by atoms with van der Waals surface area (Å²) in [5.41, 5.74) is 1.25. The molecule has 17 heavy (non-hydrogen) atoms. The highest BCUT2D eigenvalue weighted by Crippen LogP contribution is 2.18. The Morgan fingerprint density at radius 2 is 2.12 bits per heavy atom. The fraction of sp³-hybridized carbons (Fsp3) is 0.333. The molecule has 0 aliphatic heterocycles. The van der Waals surface area contributed by atoms with Gasteiger partial charge in [-0.1, -0.05) is 17.7 Å². The molecule has 0 unspecified atom stereocenters. The molecule has 0 atom stereocenters. The van der Waals surface area contributed by atoms with E-state index in [-0.39, 0.29) is 12.3 Å². The minimum absolute atomic E-state index is 0.0504. The molecule has 0 saturated heterocycles. The molecule has 1 aromatic rings. The smallest absolute Gasteiger partial charge is 0.303 e. The van der Waals surface area contributed by atoms with Gasteiger partial charge in [-0.25, -0.2) is 0 Å². The van der Waals surface area contributed by atoms with Gasteiger partial charge >= 0.3 is 5.97 Å². The molecule has 0 bridgehead atoms. The van der Waals surface area contributed by atoms with Crippen molar-refractivity contribution in [2.24, 2.45) is 0 Å². The van der Waals surface area contributed by atoms with Crippen molar-refractivity contribution in [2.45, 2.75) is 19.8 Å². The van der Waals surface area contributed by atoms with Gasteiger partial charge in [-0.2, -0.15) is 0 Å². The molecule has 1 amide bonds. The maximum absolute atomic E-state index is 11.7.